The highest BCUT2D eigenvalue weighted by molar-refractivity contribution is 7.80. The van der Waals surface area contributed by atoms with Crippen molar-refractivity contribution in [3.05, 3.63) is 0 Å². The lowest BCUT2D eigenvalue weighted by Crippen LogP contribution is -2.50. The SMILES string of the molecule is CN(CCC(N)=S)C(=O)CN1CCN(C2CC2)CC1. The quantitative estimate of drug-likeness (QED) is 0.691. The fourth-order valence-corrected chi connectivity index (χ4v) is 2.53. The molecule has 1 aliphatic carbocycles. The predicted octanol–water partition coefficient (Wildman–Crippen LogP) is -0.0990. The minimum atomic E-state index is 0.163. The summed E-state index contributed by atoms with van der Waals surface area (Å²) in [5, 5.41) is 0. The smallest absolute Gasteiger partial charge is 0.236 e. The van der Waals surface area contributed by atoms with Crippen molar-refractivity contribution in [2.75, 3.05) is 46.3 Å². The van der Waals surface area contributed by atoms with E-state index in [1.54, 1.807) is 4.90 Å². The monoisotopic (exact) mass is 284 g/mol. The fourth-order valence-electron chi connectivity index (χ4n) is 2.44. The van der Waals surface area contributed by atoms with E-state index in [2.05, 4.69) is 9.80 Å². The molecule has 108 valence electrons. The molecule has 2 N–H and O–H groups in total. The van der Waals surface area contributed by atoms with Crippen LogP contribution < -0.4 is 5.73 Å². The molecule has 1 heterocycles. The van der Waals surface area contributed by atoms with Gasteiger partial charge in [0.15, 0.2) is 0 Å². The van der Waals surface area contributed by atoms with Crippen molar-refractivity contribution in [1.82, 2.24) is 14.7 Å². The molecule has 0 atom stereocenters. The number of piperazine rings is 1. The first-order valence-electron chi connectivity index (χ1n) is 7.05. The Bertz CT molecular complexity index is 338. The van der Waals surface area contributed by atoms with Crippen LogP contribution in [-0.2, 0) is 4.79 Å². The van der Waals surface area contributed by atoms with Gasteiger partial charge in [-0.05, 0) is 12.8 Å². The number of thiocarbonyl (C=S) groups is 1. The Balaban J connectivity index is 1.66. The van der Waals surface area contributed by atoms with Gasteiger partial charge in [0.25, 0.3) is 0 Å². The van der Waals surface area contributed by atoms with Gasteiger partial charge in [0.05, 0.1) is 11.5 Å². The molecule has 6 heteroatoms. The van der Waals surface area contributed by atoms with Gasteiger partial charge in [-0.2, -0.15) is 0 Å². The predicted molar refractivity (Wildman–Crippen MR) is 80.1 cm³/mol. The molecule has 0 spiro atoms. The molecular weight excluding hydrogens is 260 g/mol. The summed E-state index contributed by atoms with van der Waals surface area (Å²) in [6, 6.07) is 0.839. The average Bonchev–Trinajstić information content (AvgIpc) is 3.21. The number of nitrogens with zero attached hydrogens (tertiary/aromatic N) is 3. The number of carbonyl (C=O) groups excluding carboxylic acids is 1. The van der Waals surface area contributed by atoms with Crippen LogP contribution in [0.3, 0.4) is 0 Å². The van der Waals surface area contributed by atoms with Gasteiger partial charge in [0, 0.05) is 52.2 Å². The van der Waals surface area contributed by atoms with Gasteiger partial charge in [-0.15, -0.1) is 0 Å². The summed E-state index contributed by atoms with van der Waals surface area (Å²) in [6.45, 7) is 5.36. The highest BCUT2D eigenvalue weighted by Gasteiger charge is 2.31. The highest BCUT2D eigenvalue weighted by atomic mass is 32.1. The summed E-state index contributed by atoms with van der Waals surface area (Å²) in [7, 11) is 1.82. The molecule has 2 rings (SSSR count). The van der Waals surface area contributed by atoms with Crippen LogP contribution in [0.2, 0.25) is 0 Å². The van der Waals surface area contributed by atoms with Gasteiger partial charge in [0.2, 0.25) is 5.91 Å². The zero-order chi connectivity index (χ0) is 13.8. The van der Waals surface area contributed by atoms with Crippen LogP contribution in [0, 0.1) is 0 Å². The van der Waals surface area contributed by atoms with Crippen molar-refractivity contribution in [2.24, 2.45) is 5.73 Å². The van der Waals surface area contributed by atoms with Crippen molar-refractivity contribution in [2.45, 2.75) is 25.3 Å². The molecule has 1 saturated carbocycles. The Morgan fingerprint density at radius 1 is 1.32 bits per heavy atom. The lowest BCUT2D eigenvalue weighted by Gasteiger charge is -2.35. The molecule has 0 aromatic heterocycles. The van der Waals surface area contributed by atoms with Crippen molar-refractivity contribution in [3.8, 4) is 0 Å². The van der Waals surface area contributed by atoms with E-state index < -0.39 is 0 Å². The minimum absolute atomic E-state index is 0.163. The molecule has 1 amide bonds. The van der Waals surface area contributed by atoms with Crippen molar-refractivity contribution in [1.29, 1.82) is 0 Å². The summed E-state index contributed by atoms with van der Waals surface area (Å²) in [6.07, 6.45) is 3.33. The molecule has 0 aromatic rings. The molecule has 0 unspecified atom stereocenters. The van der Waals surface area contributed by atoms with Crippen LogP contribution in [0.25, 0.3) is 0 Å². The maximum Gasteiger partial charge on any atom is 0.236 e. The molecule has 19 heavy (non-hydrogen) atoms. The topological polar surface area (TPSA) is 52.8 Å². The standard InChI is InChI=1S/C13H24N4OS/c1-15(5-4-12(14)19)13(18)10-16-6-8-17(9-7-16)11-2-3-11/h11H,2-10H2,1H3,(H2,14,19). The molecule has 1 saturated heterocycles. The Morgan fingerprint density at radius 2 is 1.95 bits per heavy atom. The number of likely N-dealkylation sites (N-methyl/N-ethyl adjacent to an activating group) is 1. The summed E-state index contributed by atoms with van der Waals surface area (Å²) in [5.74, 6) is 0.163. The first-order chi connectivity index (χ1) is 9.06. The first-order valence-corrected chi connectivity index (χ1v) is 7.46. The van der Waals surface area contributed by atoms with Crippen LogP contribution in [0.1, 0.15) is 19.3 Å². The fraction of sp³-hybridized carbons (Fsp3) is 0.846. The van der Waals surface area contributed by atoms with E-state index in [0.29, 0.717) is 24.5 Å². The number of hydrogen-bond donors (Lipinski definition) is 1. The second-order valence-corrected chi connectivity index (χ2v) is 6.10. The largest absolute Gasteiger partial charge is 0.393 e. The van der Waals surface area contributed by atoms with E-state index >= 15 is 0 Å². The minimum Gasteiger partial charge on any atom is -0.393 e. The van der Waals surface area contributed by atoms with Gasteiger partial charge in [-0.25, -0.2) is 0 Å². The van der Waals surface area contributed by atoms with Gasteiger partial charge in [0.1, 0.15) is 0 Å². The third kappa shape index (κ3) is 4.71. The van der Waals surface area contributed by atoms with Crippen LogP contribution >= 0.6 is 12.2 Å². The third-order valence-corrected chi connectivity index (χ3v) is 4.15. The van der Waals surface area contributed by atoms with E-state index in [1.807, 2.05) is 7.05 Å². The van der Waals surface area contributed by atoms with Crippen LogP contribution in [0.15, 0.2) is 0 Å². The highest BCUT2D eigenvalue weighted by Crippen LogP contribution is 2.27. The first kappa shape index (κ1) is 14.7. The maximum atomic E-state index is 12.0. The summed E-state index contributed by atoms with van der Waals surface area (Å²) < 4.78 is 0. The maximum absolute atomic E-state index is 12.0. The summed E-state index contributed by atoms with van der Waals surface area (Å²) >= 11 is 4.83. The summed E-state index contributed by atoms with van der Waals surface area (Å²) in [5.41, 5.74) is 5.45. The lowest BCUT2D eigenvalue weighted by atomic mass is 10.3. The van der Waals surface area contributed by atoms with Crippen molar-refractivity contribution in [3.63, 3.8) is 0 Å². The number of amides is 1. The van der Waals surface area contributed by atoms with Gasteiger partial charge >= 0.3 is 0 Å². The van der Waals surface area contributed by atoms with Crippen LogP contribution in [-0.4, -0.2) is 78.0 Å². The Kier molecular flexibility index (Phi) is 5.13. The molecule has 1 aliphatic heterocycles. The van der Waals surface area contributed by atoms with Crippen LogP contribution in [0.5, 0.6) is 0 Å². The lowest BCUT2D eigenvalue weighted by molar-refractivity contribution is -0.131. The Hall–Kier alpha value is -0.720. The van der Waals surface area contributed by atoms with Gasteiger partial charge in [-0.1, -0.05) is 12.2 Å². The second-order valence-electron chi connectivity index (χ2n) is 5.57. The zero-order valence-corrected chi connectivity index (χ0v) is 12.5. The van der Waals surface area contributed by atoms with E-state index in [4.69, 9.17) is 18.0 Å². The molecule has 5 nitrogen and oxygen atoms in total. The third-order valence-electron chi connectivity index (χ3n) is 3.95. The molecule has 2 aliphatic rings. The van der Waals surface area contributed by atoms with Crippen LogP contribution in [0.4, 0.5) is 0 Å². The number of hydrogen-bond acceptors (Lipinski definition) is 4. The molecular formula is C13H24N4OS. The van der Waals surface area contributed by atoms with Gasteiger partial charge in [-0.3, -0.25) is 14.6 Å². The second kappa shape index (κ2) is 6.63. The van der Waals surface area contributed by atoms with Crippen molar-refractivity contribution >= 4 is 23.1 Å². The Labute approximate surface area is 120 Å². The molecule has 0 radical (unpaired) electrons. The van der Waals surface area contributed by atoms with E-state index in [1.165, 1.54) is 12.8 Å². The number of rotatable bonds is 6. The van der Waals surface area contributed by atoms with Crippen molar-refractivity contribution < 1.29 is 4.79 Å². The molecule has 0 bridgehead atoms. The zero-order valence-electron chi connectivity index (χ0n) is 11.7. The normalized spacial score (nSPS) is 21.3. The van der Waals surface area contributed by atoms with E-state index in [-0.39, 0.29) is 5.91 Å². The average molecular weight is 284 g/mol. The number of nitrogens with two attached hydrogens (primary N) is 1. The summed E-state index contributed by atoms with van der Waals surface area (Å²) in [4.78, 5) is 19.0. The Morgan fingerprint density at radius 3 is 2.47 bits per heavy atom. The van der Waals surface area contributed by atoms with E-state index in [0.717, 1.165) is 32.2 Å². The van der Waals surface area contributed by atoms with E-state index in [9.17, 15) is 4.79 Å². The van der Waals surface area contributed by atoms with Gasteiger partial charge < -0.3 is 10.6 Å². The molecule has 2 fully saturated rings. The number of carbonyl (C=O) groups is 1. The molecule has 0 aromatic carbocycles.